The van der Waals surface area contributed by atoms with Gasteiger partial charge in [0.2, 0.25) is 15.9 Å². The molecular weight excluding hydrogens is 268 g/mol. The van der Waals surface area contributed by atoms with Gasteiger partial charge in [-0.15, -0.1) is 0 Å². The molecule has 0 unspecified atom stereocenters. The lowest BCUT2D eigenvalue weighted by Gasteiger charge is -2.31. The number of hydrogen-bond donors (Lipinski definition) is 2. The number of sulfonamides is 1. The van der Waals surface area contributed by atoms with Crippen LogP contribution in [-0.4, -0.2) is 55.8 Å². The number of carbonyl (C=O) groups is 1. The summed E-state index contributed by atoms with van der Waals surface area (Å²) in [6.45, 7) is 6.76. The molecule has 0 spiro atoms. The molecule has 0 aromatic carbocycles. The molecule has 2 N–H and O–H groups in total. The summed E-state index contributed by atoms with van der Waals surface area (Å²) in [4.78, 5) is 13.6. The Morgan fingerprint density at radius 1 is 1.53 bits per heavy atom. The van der Waals surface area contributed by atoms with Gasteiger partial charge in [0.1, 0.15) is 0 Å². The summed E-state index contributed by atoms with van der Waals surface area (Å²) in [5.74, 6) is -0.0201. The van der Waals surface area contributed by atoms with Crippen LogP contribution in [0.3, 0.4) is 0 Å². The summed E-state index contributed by atoms with van der Waals surface area (Å²) in [6.07, 6.45) is 1.18. The SMILES string of the molecule is CC(C)[C@]1(O)CN(C(=O)CCNS(C)(=O)=O)C[C@H]1C. The van der Waals surface area contributed by atoms with E-state index in [9.17, 15) is 18.3 Å². The Balaban J connectivity index is 2.52. The van der Waals surface area contributed by atoms with Crippen LogP contribution in [0.5, 0.6) is 0 Å². The van der Waals surface area contributed by atoms with Crippen LogP contribution in [-0.2, 0) is 14.8 Å². The molecule has 0 bridgehead atoms. The standard InChI is InChI=1S/C12H24N2O4S/c1-9(2)12(16)8-14(7-10(12)3)11(15)5-6-13-19(4,17)18/h9-10,13,16H,5-8H2,1-4H3/t10-,12-/m1/s1. The van der Waals surface area contributed by atoms with Crippen molar-refractivity contribution in [1.82, 2.24) is 9.62 Å². The van der Waals surface area contributed by atoms with Crippen LogP contribution in [0.1, 0.15) is 27.2 Å². The largest absolute Gasteiger partial charge is 0.387 e. The van der Waals surface area contributed by atoms with Gasteiger partial charge < -0.3 is 10.0 Å². The van der Waals surface area contributed by atoms with Crippen LogP contribution in [0.25, 0.3) is 0 Å². The highest BCUT2D eigenvalue weighted by molar-refractivity contribution is 7.88. The van der Waals surface area contributed by atoms with E-state index in [1.54, 1.807) is 4.90 Å². The van der Waals surface area contributed by atoms with Gasteiger partial charge in [-0.05, 0) is 5.92 Å². The van der Waals surface area contributed by atoms with Crippen molar-refractivity contribution >= 4 is 15.9 Å². The minimum absolute atomic E-state index is 0.0271. The van der Waals surface area contributed by atoms with Crippen molar-refractivity contribution in [2.75, 3.05) is 25.9 Å². The summed E-state index contributed by atoms with van der Waals surface area (Å²) < 4.78 is 24.1. The van der Waals surface area contributed by atoms with Crippen molar-refractivity contribution in [2.45, 2.75) is 32.8 Å². The van der Waals surface area contributed by atoms with Gasteiger partial charge in [-0.25, -0.2) is 13.1 Å². The molecule has 7 heteroatoms. The van der Waals surface area contributed by atoms with Gasteiger partial charge in [-0.1, -0.05) is 20.8 Å². The maximum Gasteiger partial charge on any atom is 0.223 e. The van der Waals surface area contributed by atoms with Gasteiger partial charge in [-0.3, -0.25) is 4.79 Å². The average Bonchev–Trinajstić information content (AvgIpc) is 2.55. The minimum Gasteiger partial charge on any atom is -0.387 e. The number of rotatable bonds is 5. The van der Waals surface area contributed by atoms with Gasteiger partial charge in [0.05, 0.1) is 11.9 Å². The van der Waals surface area contributed by atoms with E-state index in [-0.39, 0.29) is 30.7 Å². The maximum atomic E-state index is 12.0. The first-order valence-corrected chi connectivity index (χ1v) is 8.40. The third-order valence-electron chi connectivity index (χ3n) is 3.85. The number of nitrogens with one attached hydrogen (secondary N) is 1. The van der Waals surface area contributed by atoms with E-state index in [0.29, 0.717) is 13.1 Å². The lowest BCUT2D eigenvalue weighted by molar-refractivity contribution is -0.131. The number of aliphatic hydroxyl groups is 1. The molecule has 1 aliphatic heterocycles. The number of nitrogens with zero attached hydrogens (tertiary/aromatic N) is 1. The molecule has 0 aliphatic carbocycles. The molecule has 1 saturated heterocycles. The second kappa shape index (κ2) is 5.76. The topological polar surface area (TPSA) is 86.7 Å². The highest BCUT2D eigenvalue weighted by Gasteiger charge is 2.46. The fourth-order valence-electron chi connectivity index (χ4n) is 2.46. The summed E-state index contributed by atoms with van der Waals surface area (Å²) in [6, 6.07) is 0. The first-order chi connectivity index (χ1) is 8.56. The third-order valence-corrected chi connectivity index (χ3v) is 4.58. The summed E-state index contributed by atoms with van der Waals surface area (Å²) >= 11 is 0. The molecule has 0 saturated carbocycles. The van der Waals surface area contributed by atoms with E-state index in [1.807, 2.05) is 20.8 Å². The molecule has 1 amide bonds. The quantitative estimate of drug-likeness (QED) is 0.734. The lowest BCUT2D eigenvalue weighted by Crippen LogP contribution is -2.43. The zero-order valence-corrected chi connectivity index (χ0v) is 12.8. The fourth-order valence-corrected chi connectivity index (χ4v) is 2.93. The van der Waals surface area contributed by atoms with E-state index in [4.69, 9.17) is 0 Å². The summed E-state index contributed by atoms with van der Waals surface area (Å²) in [5.41, 5.74) is -0.847. The highest BCUT2D eigenvalue weighted by Crippen LogP contribution is 2.33. The summed E-state index contributed by atoms with van der Waals surface area (Å²) in [5, 5.41) is 10.5. The minimum atomic E-state index is -3.26. The van der Waals surface area contributed by atoms with Crippen LogP contribution in [0, 0.1) is 11.8 Å². The molecule has 0 radical (unpaired) electrons. The van der Waals surface area contributed by atoms with Crippen LogP contribution in [0.4, 0.5) is 0 Å². The van der Waals surface area contributed by atoms with Crippen molar-refractivity contribution < 1.29 is 18.3 Å². The van der Waals surface area contributed by atoms with Crippen LogP contribution >= 0.6 is 0 Å². The van der Waals surface area contributed by atoms with Gasteiger partial charge in [0.15, 0.2) is 0 Å². The second-order valence-corrected chi connectivity index (χ2v) is 7.57. The molecule has 0 aromatic rings. The van der Waals surface area contributed by atoms with Crippen molar-refractivity contribution in [3.8, 4) is 0 Å². The normalized spacial score (nSPS) is 28.1. The van der Waals surface area contributed by atoms with E-state index in [2.05, 4.69) is 4.72 Å². The number of likely N-dealkylation sites (tertiary alicyclic amines) is 1. The van der Waals surface area contributed by atoms with Gasteiger partial charge >= 0.3 is 0 Å². The van der Waals surface area contributed by atoms with E-state index in [0.717, 1.165) is 6.26 Å². The van der Waals surface area contributed by atoms with E-state index in [1.165, 1.54) is 0 Å². The van der Waals surface area contributed by atoms with Crippen molar-refractivity contribution in [3.63, 3.8) is 0 Å². The van der Waals surface area contributed by atoms with Crippen molar-refractivity contribution in [2.24, 2.45) is 11.8 Å². The first-order valence-electron chi connectivity index (χ1n) is 6.51. The molecule has 19 heavy (non-hydrogen) atoms. The number of amides is 1. The Morgan fingerprint density at radius 2 is 2.11 bits per heavy atom. The number of carbonyl (C=O) groups excluding carboxylic acids is 1. The monoisotopic (exact) mass is 292 g/mol. The van der Waals surface area contributed by atoms with E-state index >= 15 is 0 Å². The molecule has 1 fully saturated rings. The number of β-amino-alcohol motifs (C(OH)–C–C–N with tert-alkyl or cyclic N) is 1. The van der Waals surface area contributed by atoms with E-state index < -0.39 is 15.6 Å². The Morgan fingerprint density at radius 3 is 2.53 bits per heavy atom. The highest BCUT2D eigenvalue weighted by atomic mass is 32.2. The molecule has 1 rings (SSSR count). The molecule has 0 aromatic heterocycles. The fraction of sp³-hybridized carbons (Fsp3) is 0.917. The maximum absolute atomic E-state index is 12.0. The smallest absolute Gasteiger partial charge is 0.223 e. The van der Waals surface area contributed by atoms with Gasteiger partial charge in [-0.2, -0.15) is 0 Å². The first kappa shape index (κ1) is 16.4. The molecular formula is C12H24N2O4S. The Bertz CT molecular complexity index is 435. The van der Waals surface area contributed by atoms with Crippen molar-refractivity contribution in [1.29, 1.82) is 0 Å². The van der Waals surface area contributed by atoms with Crippen LogP contribution in [0.2, 0.25) is 0 Å². The summed E-state index contributed by atoms with van der Waals surface area (Å²) in [7, 11) is -3.26. The lowest BCUT2D eigenvalue weighted by atomic mass is 9.82. The third kappa shape index (κ3) is 4.15. The Hall–Kier alpha value is -0.660. The Kier molecular flexibility index (Phi) is 4.97. The van der Waals surface area contributed by atoms with Crippen LogP contribution in [0.15, 0.2) is 0 Å². The molecule has 1 aliphatic rings. The zero-order chi connectivity index (χ0) is 14.8. The predicted octanol–water partition coefficient (Wildman–Crippen LogP) is -0.209. The Labute approximate surface area is 115 Å². The zero-order valence-electron chi connectivity index (χ0n) is 12.0. The molecule has 6 nitrogen and oxygen atoms in total. The molecule has 112 valence electrons. The van der Waals surface area contributed by atoms with Gasteiger partial charge in [0.25, 0.3) is 0 Å². The molecule has 2 atom stereocenters. The predicted molar refractivity (Wildman–Crippen MR) is 73.0 cm³/mol. The van der Waals surface area contributed by atoms with Gasteiger partial charge in [0, 0.05) is 32.0 Å². The molecule has 1 heterocycles. The second-order valence-electron chi connectivity index (χ2n) is 5.74. The average molecular weight is 292 g/mol. The van der Waals surface area contributed by atoms with Crippen molar-refractivity contribution in [3.05, 3.63) is 0 Å². The number of hydrogen-bond acceptors (Lipinski definition) is 4. The van der Waals surface area contributed by atoms with Crippen LogP contribution < -0.4 is 4.72 Å².